The molecule has 2 aliphatic rings. The molecule has 25 heavy (non-hydrogen) atoms. The number of nitrogens with two attached hydrogens (primary N) is 1. The van der Waals surface area contributed by atoms with Crippen LogP contribution in [0.25, 0.3) is 5.57 Å². The number of alkyl carbamates (subject to hydrolysis) is 1. The molecule has 0 aliphatic heterocycles. The zero-order valence-corrected chi connectivity index (χ0v) is 15.5. The first-order valence-electron chi connectivity index (χ1n) is 8.91. The van der Waals surface area contributed by atoms with Crippen molar-refractivity contribution in [2.45, 2.75) is 52.2 Å². The summed E-state index contributed by atoms with van der Waals surface area (Å²) in [6.45, 7) is 7.90. The Bertz CT molecular complexity index is 730. The standard InChI is InChI=1S/C21H28N2O2/c1-20(2,3)25-19(24)23-18-13-17(18)21(4)10-8-14(9-11-21)15-6-5-7-16(22)12-15/h5-10,12,17-18H,11,13,22H2,1-4H3,(H,23,24)/t17-,18-,21?/m0/s1. The zero-order chi connectivity index (χ0) is 18.2. The molecule has 2 aliphatic carbocycles. The van der Waals surface area contributed by atoms with E-state index in [2.05, 4.69) is 36.5 Å². The van der Waals surface area contributed by atoms with Gasteiger partial charge in [-0.2, -0.15) is 0 Å². The Morgan fingerprint density at radius 1 is 1.36 bits per heavy atom. The van der Waals surface area contributed by atoms with E-state index in [0.29, 0.717) is 5.92 Å². The first kappa shape index (κ1) is 17.6. The highest BCUT2D eigenvalue weighted by Crippen LogP contribution is 2.51. The number of nitrogens with one attached hydrogen (secondary N) is 1. The summed E-state index contributed by atoms with van der Waals surface area (Å²) in [6.07, 6.45) is 8.39. The summed E-state index contributed by atoms with van der Waals surface area (Å²) in [6, 6.07) is 8.17. The van der Waals surface area contributed by atoms with Crippen LogP contribution in [0, 0.1) is 11.3 Å². The molecule has 0 aromatic heterocycles. The molecule has 0 spiro atoms. The molecule has 1 aromatic rings. The van der Waals surface area contributed by atoms with Crippen molar-refractivity contribution in [1.82, 2.24) is 5.32 Å². The Labute approximate surface area is 150 Å². The molecule has 1 amide bonds. The van der Waals surface area contributed by atoms with E-state index in [-0.39, 0.29) is 17.6 Å². The van der Waals surface area contributed by atoms with E-state index in [4.69, 9.17) is 10.5 Å². The lowest BCUT2D eigenvalue weighted by Crippen LogP contribution is -2.35. The molecule has 3 rings (SSSR count). The van der Waals surface area contributed by atoms with Gasteiger partial charge in [-0.05, 0) is 68.2 Å². The smallest absolute Gasteiger partial charge is 0.407 e. The van der Waals surface area contributed by atoms with Crippen molar-refractivity contribution in [3.8, 4) is 0 Å². The number of carbonyl (C=O) groups is 1. The van der Waals surface area contributed by atoms with E-state index in [9.17, 15) is 4.79 Å². The number of hydrogen-bond acceptors (Lipinski definition) is 3. The third kappa shape index (κ3) is 4.25. The van der Waals surface area contributed by atoms with Crippen molar-refractivity contribution in [3.63, 3.8) is 0 Å². The minimum absolute atomic E-state index is 0.0729. The molecule has 3 atom stereocenters. The number of amides is 1. The van der Waals surface area contributed by atoms with Crippen LogP contribution in [0.5, 0.6) is 0 Å². The average molecular weight is 340 g/mol. The van der Waals surface area contributed by atoms with Crippen molar-refractivity contribution >= 4 is 17.4 Å². The van der Waals surface area contributed by atoms with Crippen LogP contribution < -0.4 is 11.1 Å². The fraction of sp³-hybridized carbons (Fsp3) is 0.476. The van der Waals surface area contributed by atoms with E-state index >= 15 is 0 Å². The third-order valence-electron chi connectivity index (χ3n) is 4.97. The SMILES string of the molecule is CC(C)(C)OC(=O)N[C@H]1C[C@@H]1C1(C)C=CC(c2cccc(N)c2)=CC1. The second-order valence-corrected chi connectivity index (χ2v) is 8.42. The maximum absolute atomic E-state index is 11.9. The van der Waals surface area contributed by atoms with Gasteiger partial charge in [-0.25, -0.2) is 4.79 Å². The van der Waals surface area contributed by atoms with E-state index < -0.39 is 5.60 Å². The van der Waals surface area contributed by atoms with Crippen LogP contribution in [-0.2, 0) is 4.74 Å². The lowest BCUT2D eigenvalue weighted by molar-refractivity contribution is 0.0518. The summed E-state index contributed by atoms with van der Waals surface area (Å²) in [7, 11) is 0. The number of benzene rings is 1. The predicted octanol–water partition coefficient (Wildman–Crippen LogP) is 4.53. The van der Waals surface area contributed by atoms with E-state index in [0.717, 1.165) is 24.1 Å². The largest absolute Gasteiger partial charge is 0.444 e. The minimum atomic E-state index is -0.460. The summed E-state index contributed by atoms with van der Waals surface area (Å²) < 4.78 is 5.35. The number of nitrogen functional groups attached to an aromatic ring is 1. The summed E-state index contributed by atoms with van der Waals surface area (Å²) in [4.78, 5) is 11.9. The Morgan fingerprint density at radius 2 is 2.12 bits per heavy atom. The molecular formula is C21H28N2O2. The topological polar surface area (TPSA) is 64.3 Å². The average Bonchev–Trinajstić information content (AvgIpc) is 3.26. The molecule has 4 heteroatoms. The Balaban J connectivity index is 1.59. The van der Waals surface area contributed by atoms with Crippen LogP contribution in [0.15, 0.2) is 42.5 Å². The van der Waals surface area contributed by atoms with Gasteiger partial charge in [0.15, 0.2) is 0 Å². The number of rotatable bonds is 3. The molecule has 0 bridgehead atoms. The molecule has 1 saturated carbocycles. The van der Waals surface area contributed by atoms with Crippen molar-refractivity contribution in [2.75, 3.05) is 5.73 Å². The number of carbonyl (C=O) groups excluding carboxylic acids is 1. The third-order valence-corrected chi connectivity index (χ3v) is 4.97. The number of anilines is 1. The van der Waals surface area contributed by atoms with E-state index in [1.807, 2.05) is 39.0 Å². The Kier molecular flexibility index (Phi) is 4.40. The van der Waals surface area contributed by atoms with Gasteiger partial charge in [0.25, 0.3) is 0 Å². The fourth-order valence-electron chi connectivity index (χ4n) is 3.50. The fourth-order valence-corrected chi connectivity index (χ4v) is 3.50. The van der Waals surface area contributed by atoms with Crippen LogP contribution in [0.3, 0.4) is 0 Å². The van der Waals surface area contributed by atoms with Crippen LogP contribution in [0.1, 0.15) is 46.1 Å². The highest BCUT2D eigenvalue weighted by Gasteiger charge is 2.50. The Hall–Kier alpha value is -2.23. The predicted molar refractivity (Wildman–Crippen MR) is 102 cm³/mol. The van der Waals surface area contributed by atoms with Gasteiger partial charge in [-0.1, -0.05) is 37.3 Å². The molecule has 1 fully saturated rings. The lowest BCUT2D eigenvalue weighted by atomic mass is 9.76. The quantitative estimate of drug-likeness (QED) is 0.795. The maximum atomic E-state index is 11.9. The molecule has 1 aromatic carbocycles. The minimum Gasteiger partial charge on any atom is -0.444 e. The summed E-state index contributed by atoms with van der Waals surface area (Å²) in [5.74, 6) is 0.454. The first-order chi connectivity index (χ1) is 11.7. The molecule has 1 unspecified atom stereocenters. The zero-order valence-electron chi connectivity index (χ0n) is 15.5. The van der Waals surface area contributed by atoms with Gasteiger partial charge in [0.05, 0.1) is 0 Å². The second kappa shape index (κ2) is 6.25. The van der Waals surface area contributed by atoms with Crippen molar-refractivity contribution in [3.05, 3.63) is 48.1 Å². The van der Waals surface area contributed by atoms with Crippen LogP contribution in [0.2, 0.25) is 0 Å². The molecule has 4 nitrogen and oxygen atoms in total. The van der Waals surface area contributed by atoms with Gasteiger partial charge in [0.2, 0.25) is 0 Å². The number of allylic oxidation sites excluding steroid dienone is 4. The molecule has 0 saturated heterocycles. The van der Waals surface area contributed by atoms with Crippen molar-refractivity contribution < 1.29 is 9.53 Å². The van der Waals surface area contributed by atoms with Gasteiger partial charge in [-0.3, -0.25) is 0 Å². The van der Waals surface area contributed by atoms with Gasteiger partial charge >= 0.3 is 6.09 Å². The second-order valence-electron chi connectivity index (χ2n) is 8.42. The van der Waals surface area contributed by atoms with Crippen LogP contribution >= 0.6 is 0 Å². The van der Waals surface area contributed by atoms with E-state index in [1.165, 1.54) is 5.57 Å². The molecule has 3 N–H and O–H groups in total. The van der Waals surface area contributed by atoms with Crippen molar-refractivity contribution in [2.24, 2.45) is 11.3 Å². The maximum Gasteiger partial charge on any atom is 0.407 e. The molecule has 0 heterocycles. The lowest BCUT2D eigenvalue weighted by Gasteiger charge is -2.29. The van der Waals surface area contributed by atoms with Crippen molar-refractivity contribution in [1.29, 1.82) is 0 Å². The van der Waals surface area contributed by atoms with Gasteiger partial charge < -0.3 is 15.8 Å². The molecular weight excluding hydrogens is 312 g/mol. The number of hydrogen-bond donors (Lipinski definition) is 2. The van der Waals surface area contributed by atoms with Crippen LogP contribution in [-0.4, -0.2) is 17.7 Å². The highest BCUT2D eigenvalue weighted by molar-refractivity contribution is 5.77. The van der Waals surface area contributed by atoms with E-state index in [1.54, 1.807) is 0 Å². The van der Waals surface area contributed by atoms with Gasteiger partial charge in [0.1, 0.15) is 5.60 Å². The highest BCUT2D eigenvalue weighted by atomic mass is 16.6. The molecule has 134 valence electrons. The normalized spacial score (nSPS) is 28.2. The van der Waals surface area contributed by atoms with Gasteiger partial charge in [0, 0.05) is 11.7 Å². The summed E-state index contributed by atoms with van der Waals surface area (Å²) >= 11 is 0. The van der Waals surface area contributed by atoms with Crippen LogP contribution in [0.4, 0.5) is 10.5 Å². The molecule has 0 radical (unpaired) electrons. The first-order valence-corrected chi connectivity index (χ1v) is 8.91. The summed E-state index contributed by atoms with van der Waals surface area (Å²) in [5.41, 5.74) is 8.64. The Morgan fingerprint density at radius 3 is 2.72 bits per heavy atom. The number of ether oxygens (including phenoxy) is 1. The monoisotopic (exact) mass is 340 g/mol. The van der Waals surface area contributed by atoms with Gasteiger partial charge in [-0.15, -0.1) is 0 Å². The summed E-state index contributed by atoms with van der Waals surface area (Å²) in [5, 5.41) is 3.00.